The molecule has 1 aliphatic heterocycles. The number of nitrogens with two attached hydrogens (primary N) is 1. The van der Waals surface area contributed by atoms with Gasteiger partial charge < -0.3 is 20.3 Å². The number of nitrogen functional groups attached to an aromatic ring is 1. The lowest BCUT2D eigenvalue weighted by Gasteiger charge is -2.45. The summed E-state index contributed by atoms with van der Waals surface area (Å²) in [6.07, 6.45) is -0.233. The van der Waals surface area contributed by atoms with Crippen molar-refractivity contribution in [3.63, 3.8) is 0 Å². The van der Waals surface area contributed by atoms with Crippen LogP contribution in [0.25, 0.3) is 0 Å². The summed E-state index contributed by atoms with van der Waals surface area (Å²) < 4.78 is 5.50. The molecule has 2 atom stereocenters. The molecule has 1 fully saturated rings. The summed E-state index contributed by atoms with van der Waals surface area (Å²) in [4.78, 5) is 16.5. The second-order valence-electron chi connectivity index (χ2n) is 7.07. The number of carbonyl (C=O) groups excluding carboxylic acids is 1. The largest absolute Gasteiger partial charge is 0.444 e. The van der Waals surface area contributed by atoms with Crippen LogP contribution in [0.15, 0.2) is 24.3 Å². The fraction of sp³-hybridized carbons (Fsp3) is 0.588. The van der Waals surface area contributed by atoms with E-state index in [9.17, 15) is 4.79 Å². The van der Waals surface area contributed by atoms with E-state index in [-0.39, 0.29) is 18.2 Å². The maximum atomic E-state index is 12.3. The Morgan fingerprint density at radius 2 is 1.73 bits per heavy atom. The fourth-order valence-electron chi connectivity index (χ4n) is 2.73. The Kier molecular flexibility index (Phi) is 4.54. The van der Waals surface area contributed by atoms with Crippen molar-refractivity contribution < 1.29 is 9.53 Å². The Morgan fingerprint density at radius 1 is 1.14 bits per heavy atom. The van der Waals surface area contributed by atoms with Crippen LogP contribution in [0.1, 0.15) is 34.6 Å². The molecule has 1 heterocycles. The number of hydrogen-bond donors (Lipinski definition) is 1. The number of amides is 1. The van der Waals surface area contributed by atoms with Crippen molar-refractivity contribution in [1.29, 1.82) is 0 Å². The van der Waals surface area contributed by atoms with Crippen LogP contribution in [0.5, 0.6) is 0 Å². The standard InChI is InChI=1S/C17H27N3O2/c1-12-11-20(16(21)22-17(3,4)5)13(2)10-19(12)15-8-6-14(18)7-9-15/h6-9,12-13H,10-11,18H2,1-5H3/t12-,13+/m0/s1. The van der Waals surface area contributed by atoms with Gasteiger partial charge in [-0.25, -0.2) is 4.79 Å². The van der Waals surface area contributed by atoms with Crippen molar-refractivity contribution in [3.8, 4) is 0 Å². The Bertz CT molecular complexity index is 522. The molecule has 1 aromatic rings. The summed E-state index contributed by atoms with van der Waals surface area (Å²) in [5.74, 6) is 0. The molecule has 1 saturated heterocycles. The first-order valence-electron chi connectivity index (χ1n) is 7.79. The van der Waals surface area contributed by atoms with E-state index in [1.165, 1.54) is 0 Å². The molecule has 0 bridgehead atoms. The van der Waals surface area contributed by atoms with E-state index < -0.39 is 5.60 Å². The molecule has 1 aromatic carbocycles. The zero-order valence-electron chi connectivity index (χ0n) is 14.2. The molecule has 0 aliphatic carbocycles. The van der Waals surface area contributed by atoms with E-state index in [1.807, 2.05) is 49.9 Å². The predicted octanol–water partition coefficient (Wildman–Crippen LogP) is 3.10. The molecule has 22 heavy (non-hydrogen) atoms. The minimum absolute atomic E-state index is 0.101. The van der Waals surface area contributed by atoms with Crippen molar-refractivity contribution in [2.75, 3.05) is 23.7 Å². The Balaban J connectivity index is 2.08. The minimum Gasteiger partial charge on any atom is -0.444 e. The molecule has 0 aromatic heterocycles. The van der Waals surface area contributed by atoms with Gasteiger partial charge >= 0.3 is 6.09 Å². The zero-order valence-corrected chi connectivity index (χ0v) is 14.2. The van der Waals surface area contributed by atoms with Gasteiger partial charge in [0.05, 0.1) is 0 Å². The van der Waals surface area contributed by atoms with Crippen molar-refractivity contribution in [2.45, 2.75) is 52.3 Å². The molecule has 5 heteroatoms. The first-order chi connectivity index (χ1) is 10.2. The van der Waals surface area contributed by atoms with Gasteiger partial charge in [0.15, 0.2) is 0 Å². The Morgan fingerprint density at radius 3 is 2.27 bits per heavy atom. The first-order valence-corrected chi connectivity index (χ1v) is 7.79. The maximum absolute atomic E-state index is 12.3. The molecular weight excluding hydrogens is 278 g/mol. The van der Waals surface area contributed by atoms with Crippen molar-refractivity contribution in [3.05, 3.63) is 24.3 Å². The van der Waals surface area contributed by atoms with Crippen LogP contribution in [0.4, 0.5) is 16.2 Å². The van der Waals surface area contributed by atoms with Gasteiger partial charge in [-0.3, -0.25) is 0 Å². The highest BCUT2D eigenvalue weighted by Gasteiger charge is 2.34. The van der Waals surface area contributed by atoms with Crippen molar-refractivity contribution in [2.24, 2.45) is 0 Å². The van der Waals surface area contributed by atoms with E-state index in [0.29, 0.717) is 6.54 Å². The van der Waals surface area contributed by atoms with Crippen LogP contribution in [0, 0.1) is 0 Å². The quantitative estimate of drug-likeness (QED) is 0.810. The maximum Gasteiger partial charge on any atom is 0.410 e. The summed E-state index contributed by atoms with van der Waals surface area (Å²) in [6.45, 7) is 11.3. The molecule has 0 radical (unpaired) electrons. The number of nitrogens with zero attached hydrogens (tertiary/aromatic N) is 2. The molecule has 5 nitrogen and oxygen atoms in total. The summed E-state index contributed by atoms with van der Waals surface area (Å²) in [5.41, 5.74) is 7.18. The second-order valence-corrected chi connectivity index (χ2v) is 7.07. The van der Waals surface area contributed by atoms with Crippen LogP contribution < -0.4 is 10.6 Å². The van der Waals surface area contributed by atoms with Gasteiger partial charge in [-0.1, -0.05) is 0 Å². The van der Waals surface area contributed by atoms with Gasteiger partial charge in [-0.05, 0) is 58.9 Å². The van der Waals surface area contributed by atoms with Gasteiger partial charge in [0.1, 0.15) is 5.60 Å². The minimum atomic E-state index is -0.464. The third kappa shape index (κ3) is 3.84. The number of hydrogen-bond acceptors (Lipinski definition) is 4. The van der Waals surface area contributed by atoms with E-state index in [1.54, 1.807) is 0 Å². The van der Waals surface area contributed by atoms with E-state index in [4.69, 9.17) is 10.5 Å². The average molecular weight is 305 g/mol. The van der Waals surface area contributed by atoms with E-state index >= 15 is 0 Å². The van der Waals surface area contributed by atoms with E-state index in [0.717, 1.165) is 17.9 Å². The lowest BCUT2D eigenvalue weighted by molar-refractivity contribution is 0.0130. The number of rotatable bonds is 1. The van der Waals surface area contributed by atoms with Crippen LogP contribution in [-0.4, -0.2) is 41.8 Å². The molecule has 1 amide bonds. The molecule has 0 saturated carbocycles. The van der Waals surface area contributed by atoms with Crippen LogP contribution in [0.3, 0.4) is 0 Å². The lowest BCUT2D eigenvalue weighted by atomic mass is 10.1. The number of benzene rings is 1. The molecular formula is C17H27N3O2. The topological polar surface area (TPSA) is 58.8 Å². The number of ether oxygens (including phenoxy) is 1. The Labute approximate surface area is 133 Å². The van der Waals surface area contributed by atoms with Gasteiger partial charge in [-0.2, -0.15) is 0 Å². The van der Waals surface area contributed by atoms with E-state index in [2.05, 4.69) is 18.7 Å². The third-order valence-corrected chi connectivity index (χ3v) is 3.84. The van der Waals surface area contributed by atoms with Crippen molar-refractivity contribution in [1.82, 2.24) is 4.90 Å². The lowest BCUT2D eigenvalue weighted by Crippen LogP contribution is -2.59. The summed E-state index contributed by atoms with van der Waals surface area (Å²) in [7, 11) is 0. The van der Waals surface area contributed by atoms with Gasteiger partial charge in [0, 0.05) is 36.5 Å². The molecule has 0 spiro atoms. The molecule has 2 rings (SSSR count). The summed E-state index contributed by atoms with van der Waals surface area (Å²) >= 11 is 0. The smallest absolute Gasteiger partial charge is 0.410 e. The third-order valence-electron chi connectivity index (χ3n) is 3.84. The first kappa shape index (κ1) is 16.5. The second kappa shape index (κ2) is 6.07. The SMILES string of the molecule is C[C@@H]1CN(c2ccc(N)cc2)[C@@H](C)CN1C(=O)OC(C)(C)C. The molecule has 1 aliphatic rings. The number of piperazine rings is 1. The van der Waals surface area contributed by atoms with Crippen LogP contribution in [0.2, 0.25) is 0 Å². The van der Waals surface area contributed by atoms with Crippen LogP contribution >= 0.6 is 0 Å². The molecule has 122 valence electrons. The average Bonchev–Trinajstić information content (AvgIpc) is 2.40. The molecule has 2 N–H and O–H groups in total. The highest BCUT2D eigenvalue weighted by Crippen LogP contribution is 2.25. The number of anilines is 2. The van der Waals surface area contributed by atoms with Gasteiger partial charge in [0.2, 0.25) is 0 Å². The zero-order chi connectivity index (χ0) is 16.5. The predicted molar refractivity (Wildman–Crippen MR) is 90.1 cm³/mol. The van der Waals surface area contributed by atoms with Gasteiger partial charge in [-0.15, -0.1) is 0 Å². The summed E-state index contributed by atoms with van der Waals surface area (Å²) in [6, 6.07) is 8.21. The monoisotopic (exact) mass is 305 g/mol. The number of carbonyl (C=O) groups is 1. The normalized spacial score (nSPS) is 22.6. The Hall–Kier alpha value is -1.91. The van der Waals surface area contributed by atoms with Gasteiger partial charge in [0.25, 0.3) is 0 Å². The fourth-order valence-corrected chi connectivity index (χ4v) is 2.73. The van der Waals surface area contributed by atoms with Crippen molar-refractivity contribution >= 4 is 17.5 Å². The summed E-state index contributed by atoms with van der Waals surface area (Å²) in [5, 5.41) is 0. The molecule has 0 unspecified atom stereocenters. The van der Waals surface area contributed by atoms with Crippen LogP contribution in [-0.2, 0) is 4.74 Å². The highest BCUT2D eigenvalue weighted by atomic mass is 16.6. The highest BCUT2D eigenvalue weighted by molar-refractivity contribution is 5.69.